The molecular weight excluding hydrogens is 156 g/mol. The van der Waals surface area contributed by atoms with E-state index in [2.05, 4.69) is 13.8 Å². The minimum Gasteiger partial charge on any atom is -0.0591 e. The van der Waals surface area contributed by atoms with Crippen LogP contribution in [0.15, 0.2) is 0 Å². The maximum absolute atomic E-state index is 2.34. The summed E-state index contributed by atoms with van der Waals surface area (Å²) in [6.07, 6.45) is 7.84. The van der Waals surface area contributed by atoms with Crippen molar-refractivity contribution in [2.75, 3.05) is 0 Å². The largest absolute Gasteiger partial charge is 0.0591 e. The summed E-state index contributed by atoms with van der Waals surface area (Å²) < 4.78 is 0. The fraction of sp³-hybridized carbons (Fsp3) is 0.923. The highest BCUT2D eigenvalue weighted by molar-refractivity contribution is 5.05. The molecule has 0 nitrogen and oxygen atoms in total. The van der Waals surface area contributed by atoms with Gasteiger partial charge in [0.2, 0.25) is 0 Å². The molecule has 0 aromatic rings. The molecule has 4 unspecified atom stereocenters. The zero-order valence-electron chi connectivity index (χ0n) is 8.92. The first-order valence-corrected chi connectivity index (χ1v) is 6.05. The highest BCUT2D eigenvalue weighted by Crippen LogP contribution is 2.61. The molecule has 0 heterocycles. The number of rotatable bonds is 1. The number of hydrogen-bond acceptors (Lipinski definition) is 0. The molecule has 0 N–H and O–H groups in total. The summed E-state index contributed by atoms with van der Waals surface area (Å²) in [6.45, 7) is 4.68. The van der Waals surface area contributed by atoms with Crippen molar-refractivity contribution in [1.29, 1.82) is 0 Å². The lowest BCUT2D eigenvalue weighted by Gasteiger charge is -2.23. The van der Waals surface area contributed by atoms with E-state index < -0.39 is 0 Å². The molecule has 13 heavy (non-hydrogen) atoms. The second kappa shape index (κ2) is 2.74. The van der Waals surface area contributed by atoms with Crippen LogP contribution in [0, 0.1) is 35.5 Å². The molecule has 3 aliphatic carbocycles. The lowest BCUT2D eigenvalue weighted by molar-refractivity contribution is 0.259. The summed E-state index contributed by atoms with van der Waals surface area (Å²) in [5.41, 5.74) is 0. The number of hydrogen-bond donors (Lipinski definition) is 0. The van der Waals surface area contributed by atoms with Crippen LogP contribution >= 0.6 is 0 Å². The van der Waals surface area contributed by atoms with Crippen molar-refractivity contribution >= 4 is 0 Å². The summed E-state index contributed by atoms with van der Waals surface area (Å²) in [6, 6.07) is 0. The van der Waals surface area contributed by atoms with Gasteiger partial charge < -0.3 is 0 Å². The molecule has 3 rings (SSSR count). The van der Waals surface area contributed by atoms with Crippen LogP contribution in [-0.2, 0) is 0 Å². The summed E-state index contributed by atoms with van der Waals surface area (Å²) in [5, 5.41) is 0. The smallest absolute Gasteiger partial charge is 0.0272 e. The fourth-order valence-electron chi connectivity index (χ4n) is 4.49. The third-order valence-electron chi connectivity index (χ3n) is 5.20. The van der Waals surface area contributed by atoms with E-state index >= 15 is 0 Å². The monoisotopic (exact) mass is 177 g/mol. The normalized spacial score (nSPS) is 53.3. The zero-order chi connectivity index (χ0) is 9.00. The summed E-state index contributed by atoms with van der Waals surface area (Å²) in [7, 11) is 0. The van der Waals surface area contributed by atoms with E-state index in [0.29, 0.717) is 0 Å². The van der Waals surface area contributed by atoms with Crippen molar-refractivity contribution in [2.45, 2.75) is 46.0 Å². The third-order valence-corrected chi connectivity index (χ3v) is 5.20. The molecule has 0 aliphatic heterocycles. The van der Waals surface area contributed by atoms with Crippen molar-refractivity contribution in [2.24, 2.45) is 29.6 Å². The fourth-order valence-corrected chi connectivity index (χ4v) is 4.49. The second-order valence-electron chi connectivity index (χ2n) is 5.91. The zero-order valence-corrected chi connectivity index (χ0v) is 8.92. The molecule has 0 aromatic heterocycles. The van der Waals surface area contributed by atoms with Crippen molar-refractivity contribution in [3.63, 3.8) is 0 Å². The van der Waals surface area contributed by atoms with Gasteiger partial charge in [0.15, 0.2) is 0 Å². The van der Waals surface area contributed by atoms with Gasteiger partial charge in [-0.1, -0.05) is 13.8 Å². The van der Waals surface area contributed by atoms with Crippen LogP contribution in [0.4, 0.5) is 0 Å². The van der Waals surface area contributed by atoms with Crippen LogP contribution in [0.3, 0.4) is 0 Å². The SMILES string of the molecule is C[C](C)C1CC2C3CCC(C3)C2C1. The van der Waals surface area contributed by atoms with Gasteiger partial charge in [-0.15, -0.1) is 0 Å². The average molecular weight is 177 g/mol. The van der Waals surface area contributed by atoms with Crippen LogP contribution in [-0.4, -0.2) is 0 Å². The first kappa shape index (κ1) is 8.32. The Balaban J connectivity index is 1.76. The van der Waals surface area contributed by atoms with Crippen LogP contribution in [0.1, 0.15) is 46.0 Å². The molecule has 0 spiro atoms. The summed E-state index contributed by atoms with van der Waals surface area (Å²) in [4.78, 5) is 0. The Kier molecular flexibility index (Phi) is 1.76. The first-order valence-electron chi connectivity index (χ1n) is 6.05. The highest BCUT2D eigenvalue weighted by Gasteiger charge is 2.51. The molecule has 0 aromatic carbocycles. The molecule has 0 amide bonds. The summed E-state index contributed by atoms with van der Waals surface area (Å²) in [5.74, 6) is 7.31. The van der Waals surface area contributed by atoms with Crippen molar-refractivity contribution in [3.8, 4) is 0 Å². The minimum absolute atomic E-state index is 0.999. The maximum Gasteiger partial charge on any atom is -0.0272 e. The maximum atomic E-state index is 2.34. The van der Waals surface area contributed by atoms with Crippen molar-refractivity contribution in [3.05, 3.63) is 5.92 Å². The Hall–Kier alpha value is 0. The van der Waals surface area contributed by atoms with Gasteiger partial charge in [0.1, 0.15) is 0 Å². The van der Waals surface area contributed by atoms with E-state index in [1.54, 1.807) is 38.0 Å². The van der Waals surface area contributed by atoms with Gasteiger partial charge in [-0.3, -0.25) is 0 Å². The van der Waals surface area contributed by atoms with Gasteiger partial charge in [-0.05, 0) is 67.6 Å². The molecule has 2 bridgehead atoms. The predicted molar refractivity (Wildman–Crippen MR) is 55.1 cm³/mol. The van der Waals surface area contributed by atoms with Gasteiger partial charge >= 0.3 is 0 Å². The predicted octanol–water partition coefficient (Wildman–Crippen LogP) is 3.67. The Morgan fingerprint density at radius 2 is 1.38 bits per heavy atom. The molecule has 3 fully saturated rings. The van der Waals surface area contributed by atoms with Gasteiger partial charge in [0.05, 0.1) is 0 Å². The molecule has 1 radical (unpaired) electrons. The third kappa shape index (κ3) is 1.10. The molecule has 4 atom stereocenters. The van der Waals surface area contributed by atoms with Crippen molar-refractivity contribution in [1.82, 2.24) is 0 Å². The Morgan fingerprint density at radius 1 is 0.846 bits per heavy atom. The molecule has 0 saturated heterocycles. The van der Waals surface area contributed by atoms with Crippen LogP contribution in [0.25, 0.3) is 0 Å². The van der Waals surface area contributed by atoms with E-state index in [1.807, 2.05) is 0 Å². The lowest BCUT2D eigenvalue weighted by Crippen LogP contribution is -2.15. The second-order valence-corrected chi connectivity index (χ2v) is 5.91. The van der Waals surface area contributed by atoms with Crippen LogP contribution < -0.4 is 0 Å². The highest BCUT2D eigenvalue weighted by atomic mass is 14.6. The summed E-state index contributed by atoms with van der Waals surface area (Å²) >= 11 is 0. The molecule has 0 heteroatoms. The quantitative estimate of drug-likeness (QED) is 0.573. The Labute approximate surface area is 82.1 Å². The van der Waals surface area contributed by atoms with Gasteiger partial charge in [0.25, 0.3) is 0 Å². The standard InChI is InChI=1S/C13H21/c1-8(2)11-6-12-9-3-4-10(5-9)13(12)7-11/h9-13H,3-7H2,1-2H3. The molecule has 3 saturated carbocycles. The van der Waals surface area contributed by atoms with E-state index in [1.165, 1.54) is 0 Å². The van der Waals surface area contributed by atoms with Crippen LogP contribution in [0.2, 0.25) is 0 Å². The van der Waals surface area contributed by atoms with Gasteiger partial charge in [-0.2, -0.15) is 0 Å². The van der Waals surface area contributed by atoms with E-state index in [0.717, 1.165) is 29.6 Å². The van der Waals surface area contributed by atoms with Crippen LogP contribution in [0.5, 0.6) is 0 Å². The molecule has 3 aliphatic rings. The first-order chi connectivity index (χ1) is 6.25. The Bertz CT molecular complexity index is 188. The van der Waals surface area contributed by atoms with Gasteiger partial charge in [-0.25, -0.2) is 0 Å². The number of fused-ring (bicyclic) bond motifs is 5. The van der Waals surface area contributed by atoms with E-state index in [4.69, 9.17) is 0 Å². The van der Waals surface area contributed by atoms with Gasteiger partial charge in [0, 0.05) is 0 Å². The lowest BCUT2D eigenvalue weighted by atomic mass is 9.82. The van der Waals surface area contributed by atoms with E-state index in [9.17, 15) is 0 Å². The topological polar surface area (TPSA) is 0 Å². The Morgan fingerprint density at radius 3 is 1.85 bits per heavy atom. The minimum atomic E-state index is 0.999. The average Bonchev–Trinajstić information content (AvgIpc) is 2.76. The molecule has 73 valence electrons. The molecular formula is C13H21. The van der Waals surface area contributed by atoms with E-state index in [-0.39, 0.29) is 0 Å². The van der Waals surface area contributed by atoms with Crippen molar-refractivity contribution < 1.29 is 0 Å².